The number of aromatic nitrogens is 2. The van der Waals surface area contributed by atoms with Crippen LogP contribution in [0.15, 0.2) is 17.2 Å². The van der Waals surface area contributed by atoms with Crippen LogP contribution in [-0.4, -0.2) is 26.8 Å². The average Bonchev–Trinajstić information content (AvgIpc) is 3.16. The van der Waals surface area contributed by atoms with Gasteiger partial charge in [-0.1, -0.05) is 25.5 Å². The maximum Gasteiger partial charge on any atom is 0.165 e. The average molecular weight is 423 g/mol. The Hall–Kier alpha value is -1.68. The molecule has 31 heavy (non-hydrogen) atoms. The lowest BCUT2D eigenvalue weighted by Gasteiger charge is -2.56. The number of ketones is 1. The van der Waals surface area contributed by atoms with Crippen molar-refractivity contribution in [2.75, 3.05) is 0 Å². The van der Waals surface area contributed by atoms with Crippen LogP contribution >= 0.6 is 0 Å². The summed E-state index contributed by atoms with van der Waals surface area (Å²) in [5, 5.41) is 14.9. The number of Topliss-reactive ketones (excluding diaryl/α,β-unsaturated/α-hetero) is 1. The molecule has 0 unspecified atom stereocenters. The van der Waals surface area contributed by atoms with Crippen LogP contribution in [0.2, 0.25) is 0 Å². The lowest BCUT2D eigenvalue weighted by molar-refractivity contribution is -0.130. The number of carbonyl (C=O) groups excluding carboxylic acids is 1. The van der Waals surface area contributed by atoms with Gasteiger partial charge in [0, 0.05) is 23.2 Å². The molecule has 1 N–H and O–H groups in total. The molecule has 4 heteroatoms. The predicted octanol–water partition coefficient (Wildman–Crippen LogP) is 5.41. The molecular weight excluding hydrogens is 384 g/mol. The highest BCUT2D eigenvalue weighted by Crippen LogP contribution is 2.64. The van der Waals surface area contributed by atoms with Crippen molar-refractivity contribution in [2.45, 2.75) is 92.2 Å². The lowest BCUT2D eigenvalue weighted by atomic mass is 9.48. The summed E-state index contributed by atoms with van der Waals surface area (Å²) in [7, 11) is 0. The van der Waals surface area contributed by atoms with Crippen molar-refractivity contribution in [1.29, 1.82) is 0 Å². The van der Waals surface area contributed by atoms with E-state index >= 15 is 0 Å². The van der Waals surface area contributed by atoms with Crippen molar-refractivity contribution in [3.8, 4) is 0 Å². The van der Waals surface area contributed by atoms with Gasteiger partial charge in [0.05, 0.1) is 11.8 Å². The largest absolute Gasteiger partial charge is 0.393 e. The Morgan fingerprint density at radius 1 is 1.16 bits per heavy atom. The molecule has 0 spiro atoms. The summed E-state index contributed by atoms with van der Waals surface area (Å²) in [6.45, 7) is 11.8. The molecule has 1 heterocycles. The fourth-order valence-electron chi connectivity index (χ4n) is 7.84. The zero-order valence-electron chi connectivity index (χ0n) is 19.9. The Bertz CT molecular complexity index is 986. The first-order valence-electron chi connectivity index (χ1n) is 12.4. The van der Waals surface area contributed by atoms with E-state index in [2.05, 4.69) is 51.9 Å². The molecule has 0 amide bonds. The third-order valence-corrected chi connectivity index (χ3v) is 9.77. The van der Waals surface area contributed by atoms with Crippen LogP contribution in [0, 0.1) is 42.4 Å². The van der Waals surface area contributed by atoms with Gasteiger partial charge in [-0.25, -0.2) is 0 Å². The van der Waals surface area contributed by atoms with E-state index in [1.54, 1.807) is 0 Å². The number of aryl methyl sites for hydroxylation is 2. The van der Waals surface area contributed by atoms with Gasteiger partial charge in [-0.2, -0.15) is 5.10 Å². The normalized spacial score (nSPS) is 41.0. The second-order valence-corrected chi connectivity index (χ2v) is 11.2. The number of aliphatic hydroxyl groups is 1. The summed E-state index contributed by atoms with van der Waals surface area (Å²) >= 11 is 0. The highest BCUT2D eigenvalue weighted by Gasteiger charge is 2.59. The van der Waals surface area contributed by atoms with Crippen LogP contribution in [0.3, 0.4) is 0 Å². The van der Waals surface area contributed by atoms with Crippen molar-refractivity contribution in [1.82, 2.24) is 9.78 Å². The maximum absolute atomic E-state index is 13.7. The molecule has 6 atom stereocenters. The van der Waals surface area contributed by atoms with Crippen LogP contribution in [-0.2, 0) is 11.3 Å². The minimum Gasteiger partial charge on any atom is -0.393 e. The van der Waals surface area contributed by atoms with Crippen LogP contribution < -0.4 is 0 Å². The monoisotopic (exact) mass is 422 g/mol. The summed E-state index contributed by atoms with van der Waals surface area (Å²) in [6, 6.07) is 0. The molecule has 4 aliphatic rings. The molecule has 0 saturated heterocycles. The topological polar surface area (TPSA) is 55.1 Å². The molecule has 168 valence electrons. The maximum atomic E-state index is 13.7. The summed E-state index contributed by atoms with van der Waals surface area (Å²) < 4.78 is 2.04. The van der Waals surface area contributed by atoms with E-state index in [0.29, 0.717) is 23.5 Å². The van der Waals surface area contributed by atoms with Crippen molar-refractivity contribution >= 4 is 11.9 Å². The van der Waals surface area contributed by atoms with E-state index < -0.39 is 0 Å². The number of aliphatic hydroxyl groups excluding tert-OH is 1. The standard InChI is InChI=1S/C27H38N2O2/c1-6-29-17(3)22(16(2)28-29)13-18-14-24-21-8-7-19-15-20(30)9-11-26(19,4)23(21)10-12-27(24,5)25(18)31/h7,13,20-21,23-24,30H,6,8-12,14-15H2,1-5H3/b18-13-/t20-,21-,23-,24-,26+,27+/m1/s1. The summed E-state index contributed by atoms with van der Waals surface area (Å²) in [4.78, 5) is 13.7. The summed E-state index contributed by atoms with van der Waals surface area (Å²) in [5.41, 5.74) is 5.85. The summed E-state index contributed by atoms with van der Waals surface area (Å²) in [6.07, 6.45) is 11.5. The van der Waals surface area contributed by atoms with Gasteiger partial charge in [0.25, 0.3) is 0 Å². The highest BCUT2D eigenvalue weighted by molar-refractivity contribution is 6.06. The van der Waals surface area contributed by atoms with Gasteiger partial charge in [0.2, 0.25) is 0 Å². The van der Waals surface area contributed by atoms with E-state index in [0.717, 1.165) is 74.0 Å². The molecule has 0 bridgehead atoms. The van der Waals surface area contributed by atoms with Crippen molar-refractivity contribution < 1.29 is 9.90 Å². The molecule has 1 aromatic heterocycles. The first-order chi connectivity index (χ1) is 14.7. The number of rotatable bonds is 2. The van der Waals surface area contributed by atoms with Gasteiger partial charge in [0.1, 0.15) is 0 Å². The van der Waals surface area contributed by atoms with Gasteiger partial charge in [-0.3, -0.25) is 9.48 Å². The van der Waals surface area contributed by atoms with Crippen LogP contribution in [0.4, 0.5) is 0 Å². The molecule has 0 radical (unpaired) electrons. The van der Waals surface area contributed by atoms with E-state index in [1.807, 2.05) is 4.68 Å². The van der Waals surface area contributed by atoms with E-state index in [-0.39, 0.29) is 16.9 Å². The SMILES string of the molecule is CCn1nc(C)c(/C=C2/C[C@@H]3[C@@H]4CC=C5C[C@H](O)CC[C@]5(C)[C@@H]4CC[C@]3(C)C2=O)c1C. The molecule has 1 aromatic rings. The Kier molecular flexibility index (Phi) is 4.89. The molecule has 4 nitrogen and oxygen atoms in total. The van der Waals surface area contributed by atoms with Crippen molar-refractivity contribution in [3.05, 3.63) is 34.2 Å². The molecule has 5 rings (SSSR count). The molecule has 0 aliphatic heterocycles. The van der Waals surface area contributed by atoms with Gasteiger partial charge in [-0.15, -0.1) is 0 Å². The fraction of sp³-hybridized carbons (Fsp3) is 0.704. The molecule has 3 saturated carbocycles. The number of allylic oxidation sites excluding steroid dienone is 2. The quantitative estimate of drug-likeness (QED) is 0.512. The highest BCUT2D eigenvalue weighted by atomic mass is 16.3. The number of hydrogen-bond acceptors (Lipinski definition) is 3. The van der Waals surface area contributed by atoms with Gasteiger partial charge in [-0.05, 0) is 101 Å². The summed E-state index contributed by atoms with van der Waals surface area (Å²) in [5.74, 6) is 2.06. The number of fused-ring (bicyclic) bond motifs is 5. The van der Waals surface area contributed by atoms with E-state index in [4.69, 9.17) is 0 Å². The first-order valence-corrected chi connectivity index (χ1v) is 12.4. The van der Waals surface area contributed by atoms with Crippen LogP contribution in [0.5, 0.6) is 0 Å². The Morgan fingerprint density at radius 3 is 2.61 bits per heavy atom. The van der Waals surface area contributed by atoms with E-state index in [1.165, 1.54) is 5.57 Å². The van der Waals surface area contributed by atoms with Gasteiger partial charge >= 0.3 is 0 Å². The van der Waals surface area contributed by atoms with Gasteiger partial charge < -0.3 is 5.11 Å². The number of nitrogens with zero attached hydrogens (tertiary/aromatic N) is 2. The molecule has 3 fully saturated rings. The Balaban J connectivity index is 1.49. The Morgan fingerprint density at radius 2 is 1.90 bits per heavy atom. The zero-order chi connectivity index (χ0) is 22.1. The lowest BCUT2D eigenvalue weighted by Crippen LogP contribution is -2.50. The predicted molar refractivity (Wildman–Crippen MR) is 123 cm³/mol. The first kappa shape index (κ1) is 21.2. The van der Waals surface area contributed by atoms with Crippen LogP contribution in [0.25, 0.3) is 6.08 Å². The fourth-order valence-corrected chi connectivity index (χ4v) is 7.84. The third kappa shape index (κ3) is 2.97. The van der Waals surface area contributed by atoms with E-state index in [9.17, 15) is 9.90 Å². The zero-order valence-corrected chi connectivity index (χ0v) is 19.9. The minimum absolute atomic E-state index is 0.164. The smallest absolute Gasteiger partial charge is 0.165 e. The molecule has 0 aromatic carbocycles. The van der Waals surface area contributed by atoms with Crippen LogP contribution in [0.1, 0.15) is 82.7 Å². The molecular formula is C27H38N2O2. The van der Waals surface area contributed by atoms with Crippen molar-refractivity contribution in [2.24, 2.45) is 28.6 Å². The second-order valence-electron chi connectivity index (χ2n) is 11.2. The van der Waals surface area contributed by atoms with Crippen molar-refractivity contribution in [3.63, 3.8) is 0 Å². The third-order valence-electron chi connectivity index (χ3n) is 9.77. The van der Waals surface area contributed by atoms with Gasteiger partial charge in [0.15, 0.2) is 5.78 Å². The Labute approximate surface area is 186 Å². The molecule has 4 aliphatic carbocycles. The minimum atomic E-state index is -0.217. The number of carbonyl (C=O) groups is 1. The number of hydrogen-bond donors (Lipinski definition) is 1. The second kappa shape index (κ2) is 7.16.